The topological polar surface area (TPSA) is 32.8 Å². The van der Waals surface area contributed by atoms with Crippen LogP contribution in [0.25, 0.3) is 88.0 Å². The van der Waals surface area contributed by atoms with Crippen LogP contribution in [0.1, 0.15) is 0 Å². The molecule has 0 bridgehead atoms. The van der Waals surface area contributed by atoms with E-state index < -0.39 is 8.07 Å². The van der Waals surface area contributed by atoms with Crippen LogP contribution in [0.4, 0.5) is 34.1 Å². The van der Waals surface area contributed by atoms with Gasteiger partial charge in [-0.15, -0.1) is 0 Å². The van der Waals surface area contributed by atoms with Crippen molar-refractivity contribution in [1.82, 2.24) is 0 Å². The van der Waals surface area contributed by atoms with Crippen molar-refractivity contribution in [2.24, 2.45) is 0 Å². The van der Waals surface area contributed by atoms with Gasteiger partial charge in [0.2, 0.25) is 0 Å². The lowest BCUT2D eigenvalue weighted by molar-refractivity contribution is 0.668. The van der Waals surface area contributed by atoms with E-state index in [9.17, 15) is 0 Å². The van der Waals surface area contributed by atoms with Crippen LogP contribution in [0.3, 0.4) is 0 Å². The Morgan fingerprint density at radius 1 is 0.296 bits per heavy atom. The summed E-state index contributed by atoms with van der Waals surface area (Å²) in [7, 11) is -2.40. The summed E-state index contributed by atoms with van der Waals surface area (Å²) in [5.41, 5.74) is 17.4. The fraction of sp³-hybridized carbons (Fsp3) is 0.0303. The number of anilines is 6. The molecule has 13 aromatic rings. The predicted molar refractivity (Wildman–Crippen MR) is 301 cm³/mol. The molecule has 0 saturated carbocycles. The van der Waals surface area contributed by atoms with Crippen LogP contribution < -0.4 is 20.2 Å². The minimum absolute atomic E-state index is 0.879. The van der Waals surface area contributed by atoms with Gasteiger partial charge in [-0.25, -0.2) is 0 Å². The molecule has 71 heavy (non-hydrogen) atoms. The van der Waals surface area contributed by atoms with Gasteiger partial charge in [0.1, 0.15) is 30.4 Å². The molecule has 0 unspecified atom stereocenters. The second kappa shape index (κ2) is 16.1. The number of furan rings is 2. The zero-order valence-corrected chi connectivity index (χ0v) is 40.3. The van der Waals surface area contributed by atoms with Gasteiger partial charge in [0.05, 0.1) is 17.1 Å². The van der Waals surface area contributed by atoms with E-state index in [0.717, 1.165) is 83.6 Å². The number of fused-ring (bicyclic) bond motifs is 8. The zero-order chi connectivity index (χ0) is 47.2. The van der Waals surface area contributed by atoms with Crippen molar-refractivity contribution in [3.63, 3.8) is 0 Å². The first-order valence-electron chi connectivity index (χ1n) is 24.4. The van der Waals surface area contributed by atoms with Crippen LogP contribution in [-0.2, 0) is 0 Å². The molecule has 0 fully saturated rings. The summed E-state index contributed by atoms with van der Waals surface area (Å²) < 4.78 is 12.7. The quantitative estimate of drug-likeness (QED) is 0.142. The average molecular weight is 927 g/mol. The van der Waals surface area contributed by atoms with Crippen molar-refractivity contribution in [1.29, 1.82) is 0 Å². The van der Waals surface area contributed by atoms with Crippen LogP contribution in [-0.4, -0.2) is 8.07 Å². The van der Waals surface area contributed by atoms with Gasteiger partial charge in [0.15, 0.2) is 0 Å². The van der Waals surface area contributed by atoms with E-state index in [1.54, 1.807) is 0 Å². The summed E-state index contributed by atoms with van der Waals surface area (Å²) >= 11 is 0. The maximum atomic E-state index is 6.38. The highest BCUT2D eigenvalue weighted by Gasteiger charge is 2.37. The summed E-state index contributed by atoms with van der Waals surface area (Å²) in [6.45, 7) is 5.07. The Morgan fingerprint density at radius 2 is 0.761 bits per heavy atom. The molecule has 0 aliphatic carbocycles. The molecule has 0 amide bonds. The monoisotopic (exact) mass is 926 g/mol. The minimum atomic E-state index is -2.40. The largest absolute Gasteiger partial charge is 0.456 e. The Balaban J connectivity index is 0.974. The van der Waals surface area contributed by atoms with Gasteiger partial charge in [0.25, 0.3) is 0 Å². The van der Waals surface area contributed by atoms with E-state index in [1.807, 2.05) is 12.1 Å². The first-order valence-corrected chi connectivity index (χ1v) is 27.4. The van der Waals surface area contributed by atoms with Crippen molar-refractivity contribution >= 4 is 107 Å². The van der Waals surface area contributed by atoms with Gasteiger partial charge in [-0.05, 0) is 117 Å². The number of benzene rings is 11. The molecule has 0 spiro atoms. The molecule has 3 heterocycles. The summed E-state index contributed by atoms with van der Waals surface area (Å²) in [5, 5.41) is 9.84. The summed E-state index contributed by atoms with van der Waals surface area (Å²) in [6, 6.07) is 88.1. The van der Waals surface area contributed by atoms with Crippen LogP contribution >= 0.6 is 0 Å². The van der Waals surface area contributed by atoms with E-state index in [0.29, 0.717) is 0 Å². The summed E-state index contributed by atoms with van der Waals surface area (Å²) in [6.07, 6.45) is 0. The molecule has 1 aliphatic rings. The Labute approximate surface area is 412 Å². The standard InChI is InChI=1S/C66H46N2O2Si/c1-71(2)64-31-17-26-54-59(68(58-28-14-10-23-49(58)44-20-7-4-8-21-44)46-34-39-63-56(41-46)51-25-12-16-30-61(51)70-63)37-36-53(66(54)64)52-35-32-47(42-65(52)71)67(57-27-13-9-22-48(57)43-18-5-3-6-19-43)45-33-38-62-55(40-45)50-24-11-15-29-60(50)69-62/h3-42H,1-2H3. The van der Waals surface area contributed by atoms with E-state index >= 15 is 0 Å². The number of hydrogen-bond donors (Lipinski definition) is 0. The predicted octanol–water partition coefficient (Wildman–Crippen LogP) is 17.7. The van der Waals surface area contributed by atoms with Crippen molar-refractivity contribution in [2.75, 3.05) is 9.80 Å². The molecule has 5 heteroatoms. The highest BCUT2D eigenvalue weighted by atomic mass is 28.3. The Morgan fingerprint density at radius 3 is 1.38 bits per heavy atom. The van der Waals surface area contributed by atoms with Gasteiger partial charge in [-0.3, -0.25) is 0 Å². The van der Waals surface area contributed by atoms with E-state index in [2.05, 4.69) is 253 Å². The summed E-state index contributed by atoms with van der Waals surface area (Å²) in [4.78, 5) is 4.93. The maximum Gasteiger partial charge on any atom is 0.135 e. The fourth-order valence-corrected chi connectivity index (χ4v) is 14.6. The van der Waals surface area contributed by atoms with Crippen LogP contribution in [0, 0.1) is 0 Å². The molecule has 1 aliphatic heterocycles. The number of para-hydroxylation sites is 4. The minimum Gasteiger partial charge on any atom is -0.456 e. The Bertz CT molecular complexity index is 4230. The number of rotatable bonds is 8. The highest BCUT2D eigenvalue weighted by Crippen LogP contribution is 2.49. The number of nitrogens with zero attached hydrogens (tertiary/aromatic N) is 2. The van der Waals surface area contributed by atoms with E-state index in [1.165, 1.54) is 49.0 Å². The molecular weight excluding hydrogens is 881 g/mol. The third-order valence-electron chi connectivity index (χ3n) is 14.9. The Kier molecular flexibility index (Phi) is 9.32. The molecule has 336 valence electrons. The molecule has 0 radical (unpaired) electrons. The fourth-order valence-electron chi connectivity index (χ4n) is 11.5. The van der Waals surface area contributed by atoms with Crippen LogP contribution in [0.5, 0.6) is 0 Å². The molecule has 0 saturated heterocycles. The third-order valence-corrected chi connectivity index (χ3v) is 18.4. The summed E-state index contributed by atoms with van der Waals surface area (Å²) in [5.74, 6) is 0. The van der Waals surface area contributed by atoms with Gasteiger partial charge in [0, 0.05) is 55.1 Å². The van der Waals surface area contributed by atoms with Crippen LogP contribution in [0.15, 0.2) is 251 Å². The molecule has 11 aromatic carbocycles. The first kappa shape index (κ1) is 41.1. The van der Waals surface area contributed by atoms with Crippen LogP contribution in [0.2, 0.25) is 13.1 Å². The third kappa shape index (κ3) is 6.51. The normalized spacial score (nSPS) is 12.8. The van der Waals surface area contributed by atoms with Crippen molar-refractivity contribution in [3.8, 4) is 33.4 Å². The van der Waals surface area contributed by atoms with Crippen molar-refractivity contribution in [2.45, 2.75) is 13.1 Å². The molecule has 2 aromatic heterocycles. The molecule has 4 nitrogen and oxygen atoms in total. The van der Waals surface area contributed by atoms with E-state index in [-0.39, 0.29) is 0 Å². The lowest BCUT2D eigenvalue weighted by Crippen LogP contribution is -2.56. The average Bonchev–Trinajstić information content (AvgIpc) is 4.00. The second-order valence-corrected chi connectivity index (χ2v) is 23.5. The second-order valence-electron chi connectivity index (χ2n) is 19.2. The van der Waals surface area contributed by atoms with Gasteiger partial charge in [-0.2, -0.15) is 0 Å². The highest BCUT2D eigenvalue weighted by molar-refractivity contribution is 7.03. The van der Waals surface area contributed by atoms with Crippen molar-refractivity contribution in [3.05, 3.63) is 243 Å². The van der Waals surface area contributed by atoms with Gasteiger partial charge in [-0.1, -0.05) is 177 Å². The maximum absolute atomic E-state index is 6.38. The smallest absolute Gasteiger partial charge is 0.135 e. The Hall–Kier alpha value is -8.90. The van der Waals surface area contributed by atoms with E-state index in [4.69, 9.17) is 8.83 Å². The van der Waals surface area contributed by atoms with Gasteiger partial charge >= 0.3 is 0 Å². The molecule has 0 atom stereocenters. The zero-order valence-electron chi connectivity index (χ0n) is 39.3. The molecular formula is C66H46N2O2Si. The lowest BCUT2D eigenvalue weighted by Gasteiger charge is -2.37. The van der Waals surface area contributed by atoms with Crippen molar-refractivity contribution < 1.29 is 8.83 Å². The molecule has 0 N–H and O–H groups in total. The number of hydrogen-bond acceptors (Lipinski definition) is 4. The van der Waals surface area contributed by atoms with Gasteiger partial charge < -0.3 is 18.6 Å². The molecule has 14 rings (SSSR count). The first-order chi connectivity index (χ1) is 35.0. The lowest BCUT2D eigenvalue weighted by atomic mass is 9.94. The SMILES string of the molecule is C[Si]1(C)c2cc(N(c3ccc4oc5ccccc5c4c3)c3ccccc3-c3ccccc3)ccc2-c2ccc(N(c3ccc4oc5ccccc5c4c3)c3ccccc3-c3ccccc3)c3cccc1c23.